The first kappa shape index (κ1) is 17.5. The molecule has 0 spiro atoms. The predicted molar refractivity (Wildman–Crippen MR) is 95.7 cm³/mol. The van der Waals surface area contributed by atoms with Crippen molar-refractivity contribution < 1.29 is 29.1 Å². The lowest BCUT2D eigenvalue weighted by atomic mass is 9.95. The number of fused-ring (bicyclic) bond motifs is 1. The number of likely N-dealkylation sites (tertiary alicyclic amines) is 1. The summed E-state index contributed by atoms with van der Waals surface area (Å²) in [5, 5.41) is 21.9. The minimum absolute atomic E-state index is 0.0482. The van der Waals surface area contributed by atoms with Gasteiger partial charge >= 0.3 is 0 Å². The van der Waals surface area contributed by atoms with Crippen LogP contribution in [0.3, 0.4) is 0 Å². The zero-order valence-corrected chi connectivity index (χ0v) is 14.6. The third-order valence-corrected chi connectivity index (χ3v) is 4.72. The molecule has 2 aromatic rings. The summed E-state index contributed by atoms with van der Waals surface area (Å²) < 4.78 is 10.5. The van der Waals surface area contributed by atoms with Crippen molar-refractivity contribution in [2.75, 3.05) is 13.8 Å². The van der Waals surface area contributed by atoms with E-state index in [4.69, 9.17) is 9.47 Å². The van der Waals surface area contributed by atoms with Crippen molar-refractivity contribution in [3.63, 3.8) is 0 Å². The van der Waals surface area contributed by atoms with Gasteiger partial charge < -0.3 is 19.5 Å². The molecule has 1 unspecified atom stereocenters. The number of ether oxygens (including phenoxy) is 2. The maximum absolute atomic E-state index is 12.6. The van der Waals surface area contributed by atoms with Crippen molar-refractivity contribution in [1.29, 1.82) is 0 Å². The molecule has 28 heavy (non-hydrogen) atoms. The van der Waals surface area contributed by atoms with Crippen LogP contribution in [0.2, 0.25) is 0 Å². The minimum Gasteiger partial charge on any atom is -0.507 e. The molecule has 1 saturated heterocycles. The Bertz CT molecular complexity index is 1060. The highest BCUT2D eigenvalue weighted by atomic mass is 16.7. The highest BCUT2D eigenvalue weighted by Gasteiger charge is 2.44. The van der Waals surface area contributed by atoms with Crippen LogP contribution in [-0.4, -0.2) is 40.5 Å². The van der Waals surface area contributed by atoms with Crippen LogP contribution in [0.1, 0.15) is 17.2 Å². The Labute approximate surface area is 158 Å². The first-order valence-corrected chi connectivity index (χ1v) is 8.27. The van der Waals surface area contributed by atoms with Gasteiger partial charge in [-0.25, -0.2) is 0 Å². The summed E-state index contributed by atoms with van der Waals surface area (Å²) >= 11 is 0. The van der Waals surface area contributed by atoms with Crippen LogP contribution >= 0.6 is 0 Å². The fourth-order valence-electron chi connectivity index (χ4n) is 3.35. The first-order chi connectivity index (χ1) is 13.4. The molecule has 1 fully saturated rings. The molecular weight excluding hydrogens is 368 g/mol. The molecule has 0 aliphatic carbocycles. The SMILES string of the molecule is CN1C(=O)C(=O)/C(=C(/O)c2ccc3c(c2)OCO3)C1c1cccc([N+](=O)[O-])c1. The Morgan fingerprint density at radius 2 is 1.93 bits per heavy atom. The average Bonchev–Trinajstić information content (AvgIpc) is 3.25. The Morgan fingerprint density at radius 1 is 1.18 bits per heavy atom. The number of Topliss-reactive ketones (excluding diaryl/α,β-unsaturated/α-hetero) is 1. The van der Waals surface area contributed by atoms with E-state index in [1.165, 1.54) is 37.4 Å². The summed E-state index contributed by atoms with van der Waals surface area (Å²) in [7, 11) is 1.41. The zero-order valence-electron chi connectivity index (χ0n) is 14.6. The van der Waals surface area contributed by atoms with E-state index in [2.05, 4.69) is 0 Å². The van der Waals surface area contributed by atoms with Crippen molar-refractivity contribution in [3.05, 3.63) is 69.3 Å². The van der Waals surface area contributed by atoms with Crippen LogP contribution in [0.4, 0.5) is 5.69 Å². The molecule has 4 rings (SSSR count). The van der Waals surface area contributed by atoms with Crippen LogP contribution in [-0.2, 0) is 9.59 Å². The summed E-state index contributed by atoms with van der Waals surface area (Å²) in [4.78, 5) is 36.5. The number of likely N-dealkylation sites (N-methyl/N-ethyl adjacent to an activating group) is 1. The number of aliphatic hydroxyl groups excluding tert-OH is 1. The van der Waals surface area contributed by atoms with E-state index in [1.807, 2.05) is 0 Å². The topological polar surface area (TPSA) is 119 Å². The summed E-state index contributed by atoms with van der Waals surface area (Å²) in [6.07, 6.45) is 0. The molecule has 0 aromatic heterocycles. The Morgan fingerprint density at radius 3 is 2.68 bits per heavy atom. The van der Waals surface area contributed by atoms with Gasteiger partial charge in [0, 0.05) is 24.7 Å². The lowest BCUT2D eigenvalue weighted by Gasteiger charge is -2.20. The molecular formula is C19H14N2O7. The number of hydrogen-bond donors (Lipinski definition) is 1. The molecule has 9 heteroatoms. The van der Waals surface area contributed by atoms with Crippen molar-refractivity contribution in [2.24, 2.45) is 0 Å². The molecule has 2 aliphatic heterocycles. The first-order valence-electron chi connectivity index (χ1n) is 8.27. The number of rotatable bonds is 3. The third kappa shape index (κ3) is 2.64. The number of non-ortho nitro benzene ring substituents is 1. The van der Waals surface area contributed by atoms with Gasteiger partial charge in [-0.3, -0.25) is 19.7 Å². The molecule has 142 valence electrons. The number of carbonyl (C=O) groups is 2. The molecule has 2 heterocycles. The number of hydrogen-bond acceptors (Lipinski definition) is 7. The monoisotopic (exact) mass is 382 g/mol. The lowest BCUT2D eigenvalue weighted by Crippen LogP contribution is -2.24. The minimum atomic E-state index is -0.953. The Balaban J connectivity index is 1.86. The zero-order chi connectivity index (χ0) is 20.0. The van der Waals surface area contributed by atoms with Crippen LogP contribution in [0.15, 0.2) is 48.0 Å². The van der Waals surface area contributed by atoms with Gasteiger partial charge in [0.05, 0.1) is 16.5 Å². The van der Waals surface area contributed by atoms with Gasteiger partial charge in [0.15, 0.2) is 11.5 Å². The van der Waals surface area contributed by atoms with E-state index in [1.54, 1.807) is 12.1 Å². The van der Waals surface area contributed by atoms with E-state index in [0.29, 0.717) is 17.1 Å². The van der Waals surface area contributed by atoms with E-state index in [0.717, 1.165) is 4.90 Å². The Kier molecular flexibility index (Phi) is 3.99. The highest BCUT2D eigenvalue weighted by molar-refractivity contribution is 6.46. The van der Waals surface area contributed by atoms with Crippen LogP contribution in [0.25, 0.3) is 5.76 Å². The number of benzene rings is 2. The van der Waals surface area contributed by atoms with Gasteiger partial charge in [-0.15, -0.1) is 0 Å². The van der Waals surface area contributed by atoms with Gasteiger partial charge in [0.2, 0.25) is 6.79 Å². The fraction of sp³-hybridized carbons (Fsp3) is 0.158. The fourth-order valence-corrected chi connectivity index (χ4v) is 3.35. The maximum atomic E-state index is 12.6. The molecule has 2 aliphatic rings. The largest absolute Gasteiger partial charge is 0.507 e. The number of amides is 1. The van der Waals surface area contributed by atoms with E-state index in [-0.39, 0.29) is 23.6 Å². The van der Waals surface area contributed by atoms with Crippen molar-refractivity contribution in [2.45, 2.75) is 6.04 Å². The van der Waals surface area contributed by atoms with Gasteiger partial charge in [0.25, 0.3) is 17.4 Å². The van der Waals surface area contributed by atoms with Crippen molar-refractivity contribution >= 4 is 23.1 Å². The van der Waals surface area contributed by atoms with Crippen molar-refractivity contribution in [3.8, 4) is 11.5 Å². The van der Waals surface area contributed by atoms with E-state index in [9.17, 15) is 24.8 Å². The molecule has 1 N–H and O–H groups in total. The van der Waals surface area contributed by atoms with Gasteiger partial charge in [0.1, 0.15) is 5.76 Å². The quantitative estimate of drug-likeness (QED) is 0.284. The number of nitro groups is 1. The number of nitro benzene ring substituents is 1. The highest BCUT2D eigenvalue weighted by Crippen LogP contribution is 2.41. The van der Waals surface area contributed by atoms with E-state index < -0.39 is 28.4 Å². The van der Waals surface area contributed by atoms with E-state index >= 15 is 0 Å². The van der Waals surface area contributed by atoms with Gasteiger partial charge in [-0.05, 0) is 23.8 Å². The molecule has 0 saturated carbocycles. The van der Waals surface area contributed by atoms with Crippen LogP contribution < -0.4 is 9.47 Å². The standard InChI is InChI=1S/C19H14N2O7/c1-20-16(10-3-2-4-12(7-10)21(25)26)15(18(23)19(20)24)17(22)11-5-6-13-14(8-11)28-9-27-13/h2-8,16,22H,9H2,1H3/b17-15+. The molecule has 1 atom stereocenters. The van der Waals surface area contributed by atoms with Gasteiger partial charge in [-0.2, -0.15) is 0 Å². The van der Waals surface area contributed by atoms with Gasteiger partial charge in [-0.1, -0.05) is 12.1 Å². The molecule has 0 radical (unpaired) electrons. The second-order valence-corrected chi connectivity index (χ2v) is 6.33. The molecule has 0 bridgehead atoms. The second kappa shape index (κ2) is 6.38. The average molecular weight is 382 g/mol. The second-order valence-electron chi connectivity index (χ2n) is 6.33. The molecule has 9 nitrogen and oxygen atoms in total. The number of nitrogens with zero attached hydrogens (tertiary/aromatic N) is 2. The summed E-state index contributed by atoms with van der Waals surface area (Å²) in [5.74, 6) is -1.16. The van der Waals surface area contributed by atoms with Crippen molar-refractivity contribution in [1.82, 2.24) is 4.90 Å². The summed E-state index contributed by atoms with van der Waals surface area (Å²) in [5.41, 5.74) is 0.288. The third-order valence-electron chi connectivity index (χ3n) is 4.72. The molecule has 1 amide bonds. The van der Waals surface area contributed by atoms with Crippen LogP contribution in [0, 0.1) is 10.1 Å². The lowest BCUT2D eigenvalue weighted by molar-refractivity contribution is -0.384. The smallest absolute Gasteiger partial charge is 0.295 e. The Hall–Kier alpha value is -3.88. The summed E-state index contributed by atoms with van der Waals surface area (Å²) in [6.45, 7) is 0.0482. The normalized spacial score (nSPS) is 19.9. The number of carbonyl (C=O) groups excluding carboxylic acids is 2. The molecule has 2 aromatic carbocycles. The maximum Gasteiger partial charge on any atom is 0.295 e. The number of aliphatic hydroxyl groups is 1. The number of ketones is 1. The summed E-state index contributed by atoms with van der Waals surface area (Å²) in [6, 6.07) is 9.29. The van der Waals surface area contributed by atoms with Crippen LogP contribution in [0.5, 0.6) is 11.5 Å². The predicted octanol–water partition coefficient (Wildman–Crippen LogP) is 2.38.